The van der Waals surface area contributed by atoms with Crippen LogP contribution in [0, 0.1) is 0 Å². The summed E-state index contributed by atoms with van der Waals surface area (Å²) in [6.45, 7) is 0.238. The van der Waals surface area contributed by atoms with Crippen molar-refractivity contribution >= 4 is 24.4 Å². The smallest absolute Gasteiger partial charge is 0.330 e. The number of hydrogen-bond acceptors (Lipinski definition) is 10. The first kappa shape index (κ1) is 30.8. The summed E-state index contributed by atoms with van der Waals surface area (Å²) in [5.41, 5.74) is -1.68. The molecule has 0 bridgehead atoms. The van der Waals surface area contributed by atoms with E-state index in [1.807, 2.05) is 4.98 Å². The number of carbonyl (C=O) groups excluding carboxylic acids is 1. The van der Waals surface area contributed by atoms with Crippen LogP contribution < -0.4 is 20.9 Å². The second kappa shape index (κ2) is 13.4. The number of aliphatic hydroxyl groups is 2. The average molecular weight is 564 g/mol. The molecule has 2 rings (SSSR count). The summed E-state index contributed by atoms with van der Waals surface area (Å²) in [4.78, 5) is 37.7. The topological polar surface area (TPSA) is 161 Å². The lowest BCUT2D eigenvalue weighted by atomic mass is 10.2. The van der Waals surface area contributed by atoms with Gasteiger partial charge in [0.15, 0.2) is 6.23 Å². The second-order valence-corrected chi connectivity index (χ2v) is 11.4. The quantitative estimate of drug-likeness (QED) is 0.194. The van der Waals surface area contributed by atoms with E-state index in [4.69, 9.17) is 30.3 Å². The molecule has 12 nitrogen and oxygen atoms in total. The van der Waals surface area contributed by atoms with Gasteiger partial charge >= 0.3 is 18.3 Å². The van der Waals surface area contributed by atoms with Crippen molar-refractivity contribution in [3.8, 4) is 5.75 Å². The number of nitrogens with zero attached hydrogens (tertiary/aromatic N) is 1. The zero-order chi connectivity index (χ0) is 27.8. The third kappa shape index (κ3) is 9.11. The van der Waals surface area contributed by atoms with Crippen molar-refractivity contribution in [1.82, 2.24) is 14.6 Å². The molecule has 1 heterocycles. The fourth-order valence-corrected chi connectivity index (χ4v) is 5.22. The molecule has 4 N–H and O–H groups in total. The number of nitrogens with one attached hydrogen (secondary N) is 2. The van der Waals surface area contributed by atoms with Gasteiger partial charge in [-0.05, 0) is 51.6 Å². The Labute approximate surface area is 217 Å². The van der Waals surface area contributed by atoms with E-state index in [9.17, 15) is 24.6 Å². The molecule has 0 amide bonds. The van der Waals surface area contributed by atoms with Crippen molar-refractivity contribution in [3.63, 3.8) is 0 Å². The third-order valence-corrected chi connectivity index (χ3v) is 7.21. The zero-order valence-corrected chi connectivity index (χ0v) is 22.4. The van der Waals surface area contributed by atoms with Gasteiger partial charge in [0.2, 0.25) is 0 Å². The number of para-hydroxylation sites is 1. The number of aromatic amines is 1. The van der Waals surface area contributed by atoms with Gasteiger partial charge in [0.05, 0.1) is 12.7 Å². The molecule has 15 heteroatoms. The number of H-pyrrole nitrogens is 1. The highest BCUT2D eigenvalue weighted by molar-refractivity contribution is 8.09. The van der Waals surface area contributed by atoms with Crippen molar-refractivity contribution in [1.29, 1.82) is 0 Å². The molecule has 0 aliphatic rings. The number of benzene rings is 1. The van der Waals surface area contributed by atoms with E-state index < -0.39 is 67.4 Å². The van der Waals surface area contributed by atoms with Crippen LogP contribution in [0.2, 0.25) is 0 Å². The van der Waals surface area contributed by atoms with E-state index in [-0.39, 0.29) is 5.75 Å². The van der Waals surface area contributed by atoms with E-state index >= 15 is 4.39 Å². The number of esters is 1. The highest BCUT2D eigenvalue weighted by atomic mass is 32.5. The van der Waals surface area contributed by atoms with E-state index in [0.717, 1.165) is 23.8 Å². The molecule has 0 saturated carbocycles. The zero-order valence-electron chi connectivity index (χ0n) is 20.7. The monoisotopic (exact) mass is 563 g/mol. The summed E-state index contributed by atoms with van der Waals surface area (Å²) < 4.78 is 38.4. The fourth-order valence-electron chi connectivity index (χ4n) is 2.82. The molecule has 0 radical (unpaired) electrons. The predicted molar refractivity (Wildman–Crippen MR) is 135 cm³/mol. The number of ether oxygens (including phenoxy) is 2. The Hall–Kier alpha value is -2.45. The maximum absolute atomic E-state index is 15.9. The Balaban J connectivity index is 2.31. The molecule has 206 valence electrons. The summed E-state index contributed by atoms with van der Waals surface area (Å²) in [7, 11) is 0. The third-order valence-electron chi connectivity index (χ3n) is 4.73. The van der Waals surface area contributed by atoms with Crippen LogP contribution in [-0.2, 0) is 30.6 Å². The second-order valence-electron chi connectivity index (χ2n) is 8.25. The van der Waals surface area contributed by atoms with Crippen molar-refractivity contribution < 1.29 is 37.9 Å². The summed E-state index contributed by atoms with van der Waals surface area (Å²) in [6, 6.07) is 8.16. The molecule has 0 spiro atoms. The Morgan fingerprint density at radius 3 is 2.41 bits per heavy atom. The van der Waals surface area contributed by atoms with Crippen molar-refractivity contribution in [2.45, 2.75) is 58.0 Å². The van der Waals surface area contributed by atoms with Gasteiger partial charge in [-0.2, -0.15) is 0 Å². The van der Waals surface area contributed by atoms with Gasteiger partial charge in [-0.1, -0.05) is 18.2 Å². The van der Waals surface area contributed by atoms with E-state index in [1.165, 1.54) is 6.92 Å². The minimum absolute atomic E-state index is 0.262. The van der Waals surface area contributed by atoms with Crippen LogP contribution >= 0.6 is 6.64 Å². The van der Waals surface area contributed by atoms with Crippen molar-refractivity contribution in [2.75, 3.05) is 13.2 Å². The van der Waals surface area contributed by atoms with Gasteiger partial charge < -0.3 is 28.7 Å². The van der Waals surface area contributed by atoms with E-state index in [2.05, 4.69) is 5.09 Å². The highest BCUT2D eigenvalue weighted by Gasteiger charge is 2.43. The first-order valence-electron chi connectivity index (χ1n) is 11.2. The molecule has 0 fully saturated rings. The lowest BCUT2D eigenvalue weighted by molar-refractivity contribution is -0.263. The highest BCUT2D eigenvalue weighted by Crippen LogP contribution is 2.46. The first-order chi connectivity index (χ1) is 17.3. The molecular weight excluding hydrogens is 532 g/mol. The molecule has 2 aromatic rings. The predicted octanol–water partition coefficient (Wildman–Crippen LogP) is 1.34. The average Bonchev–Trinajstić information content (AvgIpc) is 2.81. The summed E-state index contributed by atoms with van der Waals surface area (Å²) in [5, 5.41) is 22.6. The molecule has 0 aliphatic carbocycles. The molecule has 0 saturated heterocycles. The molecule has 5 atom stereocenters. The minimum Gasteiger partial charge on any atom is -0.462 e. The Kier molecular flexibility index (Phi) is 11.1. The number of hydrogen-bond donors (Lipinski definition) is 4. The maximum atomic E-state index is 15.9. The number of aromatic nitrogens is 2. The lowest BCUT2D eigenvalue weighted by Gasteiger charge is -2.34. The summed E-state index contributed by atoms with van der Waals surface area (Å²) >= 11 is 5.52. The Morgan fingerprint density at radius 1 is 1.22 bits per heavy atom. The summed E-state index contributed by atoms with van der Waals surface area (Å²) in [5.74, 6) is -3.41. The number of alkyl halides is 1. The largest absolute Gasteiger partial charge is 0.462 e. The standard InChI is InChI=1S/C22H31FN3O9PS/c1-14(2)33-20(30)15(3)25-36(37,35-17-8-6-5-7-9-17)32-13-22(23,16(4)28)34-19(12-27)26-11-10-18(29)24-21(26)31/h5-11,14-16,19,27-28H,12-13H2,1-4H3,(H,25,37)(H,24,29,31)/t15-,16-,19+,22+,36?/m0/s1. The molecule has 1 aromatic carbocycles. The van der Waals surface area contributed by atoms with Crippen LogP contribution in [0.3, 0.4) is 0 Å². The van der Waals surface area contributed by atoms with Gasteiger partial charge in [0, 0.05) is 12.3 Å². The number of aliphatic hydroxyl groups excluding tert-OH is 2. The van der Waals surface area contributed by atoms with Crippen LogP contribution in [-0.4, -0.2) is 63.1 Å². The Morgan fingerprint density at radius 2 is 1.86 bits per heavy atom. The normalized spacial score (nSPS) is 17.3. The fraction of sp³-hybridized carbons (Fsp3) is 0.500. The van der Waals surface area contributed by atoms with Crippen LogP contribution in [0.5, 0.6) is 5.75 Å². The van der Waals surface area contributed by atoms with Crippen LogP contribution in [0.4, 0.5) is 4.39 Å². The molecule has 37 heavy (non-hydrogen) atoms. The number of halogens is 1. The van der Waals surface area contributed by atoms with Crippen molar-refractivity contribution in [2.24, 2.45) is 0 Å². The minimum atomic E-state index is -3.70. The molecule has 1 aromatic heterocycles. The van der Waals surface area contributed by atoms with E-state index in [0.29, 0.717) is 0 Å². The number of carbonyl (C=O) groups is 1. The SMILES string of the molecule is CC(C)OC(=O)[C@H](C)NP(=S)(OC[C@@](F)(O[C@H](CO)n1ccc(=O)[nH]c1=O)[C@H](C)O)Oc1ccccc1. The first-order valence-corrected chi connectivity index (χ1v) is 13.9. The maximum Gasteiger partial charge on any atom is 0.330 e. The van der Waals surface area contributed by atoms with Crippen LogP contribution in [0.15, 0.2) is 52.2 Å². The molecular formula is C22H31FN3O9PS. The summed E-state index contributed by atoms with van der Waals surface area (Å²) in [6.07, 6.45) is -2.89. The van der Waals surface area contributed by atoms with Crippen molar-refractivity contribution in [3.05, 3.63) is 63.4 Å². The molecule has 1 unspecified atom stereocenters. The Bertz CT molecular complexity index is 1190. The van der Waals surface area contributed by atoms with Crippen LogP contribution in [0.1, 0.15) is 33.9 Å². The lowest BCUT2D eigenvalue weighted by Crippen LogP contribution is -2.47. The van der Waals surface area contributed by atoms with Gasteiger partial charge in [-0.15, -0.1) is 0 Å². The number of rotatable bonds is 14. The van der Waals surface area contributed by atoms with Crippen LogP contribution in [0.25, 0.3) is 0 Å². The van der Waals surface area contributed by atoms with Gasteiger partial charge in [0.25, 0.3) is 11.4 Å². The van der Waals surface area contributed by atoms with Gasteiger partial charge in [-0.3, -0.25) is 19.1 Å². The molecule has 0 aliphatic heterocycles. The van der Waals surface area contributed by atoms with Gasteiger partial charge in [-0.25, -0.2) is 14.3 Å². The van der Waals surface area contributed by atoms with Gasteiger partial charge in [0.1, 0.15) is 24.5 Å². The van der Waals surface area contributed by atoms with E-state index in [1.54, 1.807) is 44.2 Å².